The monoisotopic (exact) mass is 475 g/mol. The van der Waals surface area contributed by atoms with E-state index in [0.717, 1.165) is 40.3 Å². The van der Waals surface area contributed by atoms with Crippen LogP contribution in [0.25, 0.3) is 10.9 Å². The topological polar surface area (TPSA) is 45.2 Å². The van der Waals surface area contributed by atoms with Gasteiger partial charge in [-0.3, -0.25) is 0 Å². The Labute approximate surface area is 195 Å². The Morgan fingerprint density at radius 3 is 1.94 bits per heavy atom. The van der Waals surface area contributed by atoms with Gasteiger partial charge < -0.3 is 22.9 Å². The van der Waals surface area contributed by atoms with Crippen LogP contribution in [0.15, 0.2) is 6.07 Å². The second kappa shape index (κ2) is 7.03. The predicted molar refractivity (Wildman–Crippen MR) is 136 cm³/mol. The molecule has 1 saturated heterocycles. The molecular weight excluding hydrogens is 434 g/mol. The number of benzene rings is 1. The highest BCUT2D eigenvalue weighted by molar-refractivity contribution is 6.75. The lowest BCUT2D eigenvalue weighted by molar-refractivity contribution is 0.330. The molecule has 0 aliphatic carbocycles. The van der Waals surface area contributed by atoms with Gasteiger partial charge in [0.25, 0.3) is 16.6 Å². The number of methoxy groups -OCH3 is 1. The molecule has 2 atom stereocenters. The van der Waals surface area contributed by atoms with Gasteiger partial charge >= 0.3 is 0 Å². The zero-order valence-corrected chi connectivity index (χ0v) is 24.0. The summed E-state index contributed by atoms with van der Waals surface area (Å²) in [5.41, 5.74) is 3.41. The number of hydrogen-bond donors (Lipinski definition) is 0. The lowest BCUT2D eigenvalue weighted by Gasteiger charge is -2.39. The van der Waals surface area contributed by atoms with Gasteiger partial charge in [-0.1, -0.05) is 41.5 Å². The summed E-state index contributed by atoms with van der Waals surface area (Å²) in [6.45, 7) is 25.8. The van der Waals surface area contributed by atoms with E-state index >= 15 is 0 Å². The fourth-order valence-electron chi connectivity index (χ4n) is 4.00. The summed E-state index contributed by atoms with van der Waals surface area (Å²) >= 11 is 0. The van der Waals surface area contributed by atoms with Crippen LogP contribution >= 0.6 is 0 Å². The second-order valence-corrected chi connectivity index (χ2v) is 22.0. The van der Waals surface area contributed by atoms with E-state index in [0.29, 0.717) is 6.10 Å². The van der Waals surface area contributed by atoms with Crippen molar-refractivity contribution in [3.63, 3.8) is 0 Å². The maximum absolute atomic E-state index is 6.99. The van der Waals surface area contributed by atoms with Crippen LogP contribution in [0.2, 0.25) is 36.3 Å². The summed E-state index contributed by atoms with van der Waals surface area (Å²) in [5, 5.41) is 1.28. The summed E-state index contributed by atoms with van der Waals surface area (Å²) in [6, 6.07) is 2.26. The third kappa shape index (κ3) is 3.51. The maximum Gasteiger partial charge on any atom is 0.250 e. The molecule has 178 valence electrons. The fourth-order valence-corrected chi connectivity index (χ4v) is 6.09. The molecule has 7 heteroatoms. The van der Waals surface area contributed by atoms with Crippen molar-refractivity contribution in [2.45, 2.75) is 103 Å². The Morgan fingerprint density at radius 2 is 1.44 bits per heavy atom. The summed E-state index contributed by atoms with van der Waals surface area (Å²) < 4.78 is 28.2. The number of hydrogen-bond acceptors (Lipinski definition) is 4. The van der Waals surface area contributed by atoms with Gasteiger partial charge in [0, 0.05) is 10.9 Å². The molecular formula is C25H41NO4Si2. The van der Waals surface area contributed by atoms with E-state index < -0.39 is 16.6 Å². The normalized spacial score (nSPS) is 20.9. The van der Waals surface area contributed by atoms with Gasteiger partial charge in [-0.2, -0.15) is 0 Å². The van der Waals surface area contributed by atoms with Gasteiger partial charge in [0.05, 0.1) is 24.9 Å². The number of epoxide rings is 1. The minimum atomic E-state index is -2.09. The number of aromatic nitrogens is 1. The standard InChI is InChI=1S/C25H41NO4Si2/c1-15-20(29-31(9,10)24(2,3)4)19-16(13-17-23-18(28-23)14-26(17)19)22(21(15)27-8)30-32(11,12)25(5,6)7/h13,18,23H,14H2,1-12H3. The Morgan fingerprint density at radius 1 is 0.906 bits per heavy atom. The Bertz CT molecular complexity index is 1070. The van der Waals surface area contributed by atoms with Gasteiger partial charge in [0.2, 0.25) is 0 Å². The van der Waals surface area contributed by atoms with Crippen molar-refractivity contribution < 1.29 is 18.3 Å². The highest BCUT2D eigenvalue weighted by Gasteiger charge is 2.50. The highest BCUT2D eigenvalue weighted by Crippen LogP contribution is 2.55. The molecule has 1 aromatic heterocycles. The summed E-state index contributed by atoms with van der Waals surface area (Å²) in [6.07, 6.45) is 0.512. The Balaban J connectivity index is 1.98. The number of rotatable bonds is 5. The van der Waals surface area contributed by atoms with Crippen molar-refractivity contribution in [1.82, 2.24) is 4.57 Å². The molecule has 2 aliphatic rings. The summed E-state index contributed by atoms with van der Waals surface area (Å²) in [5.74, 6) is 2.63. The van der Waals surface area contributed by atoms with Crippen LogP contribution in [0.3, 0.4) is 0 Å². The van der Waals surface area contributed by atoms with E-state index in [1.54, 1.807) is 7.11 Å². The first-order chi connectivity index (χ1) is 14.5. The summed E-state index contributed by atoms with van der Waals surface area (Å²) in [7, 11) is -2.41. The molecule has 2 unspecified atom stereocenters. The summed E-state index contributed by atoms with van der Waals surface area (Å²) in [4.78, 5) is 0. The lowest BCUT2D eigenvalue weighted by Crippen LogP contribution is -2.44. The van der Waals surface area contributed by atoms with E-state index in [1.807, 2.05) is 0 Å². The largest absolute Gasteiger partial charge is 0.542 e. The van der Waals surface area contributed by atoms with Crippen LogP contribution in [0.5, 0.6) is 17.2 Å². The third-order valence-electron chi connectivity index (χ3n) is 8.24. The fraction of sp³-hybridized carbons (Fsp3) is 0.680. The van der Waals surface area contributed by atoms with Crippen molar-refractivity contribution >= 4 is 27.5 Å². The van der Waals surface area contributed by atoms with E-state index in [4.69, 9.17) is 18.3 Å². The molecule has 1 fully saturated rings. The minimum Gasteiger partial charge on any atom is -0.542 e. The molecule has 32 heavy (non-hydrogen) atoms. The minimum absolute atomic E-state index is 0.0850. The molecule has 1 aromatic carbocycles. The SMILES string of the molecule is COc1c(C)c(O[Si](C)(C)C(C)(C)C)c2c(cc3n2CC2OC32)c1O[Si](C)(C)C(C)(C)C. The molecule has 3 heterocycles. The molecule has 2 aliphatic heterocycles. The van der Waals surface area contributed by atoms with Crippen LogP contribution in [0.4, 0.5) is 0 Å². The Kier molecular flexibility index (Phi) is 5.21. The van der Waals surface area contributed by atoms with Gasteiger partial charge in [-0.25, -0.2) is 0 Å². The molecule has 0 spiro atoms. The second-order valence-electron chi connectivity index (χ2n) is 12.6. The number of fused-ring (bicyclic) bond motifs is 5. The molecule has 0 saturated carbocycles. The van der Waals surface area contributed by atoms with Crippen LogP contribution in [-0.4, -0.2) is 34.4 Å². The van der Waals surface area contributed by atoms with E-state index in [2.05, 4.69) is 85.3 Å². The Hall–Kier alpha value is -1.45. The zero-order valence-electron chi connectivity index (χ0n) is 22.0. The first-order valence-electron chi connectivity index (χ1n) is 11.8. The molecule has 2 aromatic rings. The first-order valence-corrected chi connectivity index (χ1v) is 17.6. The van der Waals surface area contributed by atoms with Gasteiger partial charge in [-0.05, 0) is 49.3 Å². The first kappa shape index (κ1) is 23.7. The van der Waals surface area contributed by atoms with Crippen molar-refractivity contribution in [1.29, 1.82) is 0 Å². The average Bonchev–Trinajstić information content (AvgIpc) is 3.15. The van der Waals surface area contributed by atoms with E-state index in [1.165, 1.54) is 5.69 Å². The van der Waals surface area contributed by atoms with Crippen molar-refractivity contribution in [3.8, 4) is 17.2 Å². The predicted octanol–water partition coefficient (Wildman–Crippen LogP) is 7.18. The van der Waals surface area contributed by atoms with Crippen LogP contribution in [-0.2, 0) is 11.3 Å². The highest BCUT2D eigenvalue weighted by atomic mass is 28.4. The van der Waals surface area contributed by atoms with E-state index in [-0.39, 0.29) is 16.2 Å². The third-order valence-corrected chi connectivity index (χ3v) is 16.9. The lowest BCUT2D eigenvalue weighted by atomic mass is 10.1. The number of nitrogens with zero attached hydrogens (tertiary/aromatic N) is 1. The molecule has 5 nitrogen and oxygen atoms in total. The molecule has 0 bridgehead atoms. The molecule has 0 N–H and O–H groups in total. The van der Waals surface area contributed by atoms with Gasteiger partial charge in [0.1, 0.15) is 18.0 Å². The smallest absolute Gasteiger partial charge is 0.250 e. The van der Waals surface area contributed by atoms with Crippen LogP contribution in [0, 0.1) is 6.92 Å². The van der Waals surface area contributed by atoms with Crippen LogP contribution in [0.1, 0.15) is 58.9 Å². The molecule has 4 rings (SSSR count). The van der Waals surface area contributed by atoms with E-state index in [9.17, 15) is 0 Å². The molecule has 0 radical (unpaired) electrons. The van der Waals surface area contributed by atoms with Crippen molar-refractivity contribution in [3.05, 3.63) is 17.3 Å². The average molecular weight is 476 g/mol. The van der Waals surface area contributed by atoms with Gasteiger partial charge in [0.15, 0.2) is 11.5 Å². The molecule has 0 amide bonds. The van der Waals surface area contributed by atoms with Crippen LogP contribution < -0.4 is 13.6 Å². The quantitative estimate of drug-likeness (QED) is 0.339. The van der Waals surface area contributed by atoms with Gasteiger partial charge in [-0.15, -0.1) is 0 Å². The zero-order chi connectivity index (χ0) is 24.0. The van der Waals surface area contributed by atoms with Crippen molar-refractivity contribution in [2.75, 3.05) is 7.11 Å². The number of ether oxygens (including phenoxy) is 2. The van der Waals surface area contributed by atoms with Crippen molar-refractivity contribution in [2.24, 2.45) is 0 Å². The maximum atomic E-state index is 6.99.